The molecular formula is C20H23N5O. The molecule has 6 heteroatoms. The van der Waals surface area contributed by atoms with Gasteiger partial charge < -0.3 is 4.74 Å². The van der Waals surface area contributed by atoms with Gasteiger partial charge in [-0.1, -0.05) is 6.07 Å². The van der Waals surface area contributed by atoms with Gasteiger partial charge in [0.15, 0.2) is 0 Å². The summed E-state index contributed by atoms with van der Waals surface area (Å²) in [6, 6.07) is 6.08. The molecule has 0 N–H and O–H groups in total. The van der Waals surface area contributed by atoms with Crippen LogP contribution in [0.3, 0.4) is 0 Å². The lowest BCUT2D eigenvalue weighted by atomic mass is 10.1. The van der Waals surface area contributed by atoms with Crippen LogP contribution in [0.1, 0.15) is 35.2 Å². The molecule has 6 nitrogen and oxygen atoms in total. The molecule has 0 unspecified atom stereocenters. The van der Waals surface area contributed by atoms with Crippen molar-refractivity contribution in [1.82, 2.24) is 24.7 Å². The lowest BCUT2D eigenvalue weighted by molar-refractivity contribution is 0.285. The van der Waals surface area contributed by atoms with Crippen molar-refractivity contribution >= 4 is 0 Å². The standard InChI is InChI=1S/C20H23N5O/c1-12-19(13(2)25(4)24-12)17-10-22-14(3)23-20(17)26-11-15-9-16(15)18-7-5-6-8-21-18/h5-8,10,15-16H,9,11H2,1-4H3/t15-,16+/m1/s1. The van der Waals surface area contributed by atoms with Crippen LogP contribution in [-0.4, -0.2) is 31.3 Å². The molecule has 0 bridgehead atoms. The number of ether oxygens (including phenoxy) is 1. The van der Waals surface area contributed by atoms with E-state index in [1.807, 2.05) is 50.1 Å². The summed E-state index contributed by atoms with van der Waals surface area (Å²) in [5.74, 6) is 2.33. The van der Waals surface area contributed by atoms with Gasteiger partial charge in [-0.05, 0) is 39.3 Å². The summed E-state index contributed by atoms with van der Waals surface area (Å²) in [5.41, 5.74) is 5.16. The zero-order valence-electron chi connectivity index (χ0n) is 15.6. The van der Waals surface area contributed by atoms with Crippen LogP contribution in [0.4, 0.5) is 0 Å². The Kier molecular flexibility index (Phi) is 4.18. The number of nitrogens with zero attached hydrogens (tertiary/aromatic N) is 5. The Labute approximate surface area is 153 Å². The maximum atomic E-state index is 6.15. The van der Waals surface area contributed by atoms with Gasteiger partial charge in [-0.25, -0.2) is 4.98 Å². The fourth-order valence-corrected chi connectivity index (χ4v) is 3.47. The van der Waals surface area contributed by atoms with Crippen LogP contribution in [0.15, 0.2) is 30.6 Å². The van der Waals surface area contributed by atoms with E-state index in [2.05, 4.69) is 33.0 Å². The highest BCUT2D eigenvalue weighted by molar-refractivity contribution is 5.72. The van der Waals surface area contributed by atoms with E-state index >= 15 is 0 Å². The molecule has 1 aliphatic carbocycles. The molecule has 0 amide bonds. The summed E-state index contributed by atoms with van der Waals surface area (Å²) in [4.78, 5) is 13.4. The Morgan fingerprint density at radius 1 is 1.19 bits per heavy atom. The number of aromatic nitrogens is 5. The van der Waals surface area contributed by atoms with Crippen LogP contribution in [-0.2, 0) is 7.05 Å². The lowest BCUT2D eigenvalue weighted by Crippen LogP contribution is -2.06. The van der Waals surface area contributed by atoms with E-state index in [9.17, 15) is 0 Å². The predicted molar refractivity (Wildman–Crippen MR) is 99.0 cm³/mol. The first-order valence-corrected chi connectivity index (χ1v) is 8.92. The van der Waals surface area contributed by atoms with E-state index in [0.717, 1.165) is 34.6 Å². The molecule has 1 saturated carbocycles. The minimum absolute atomic E-state index is 0.490. The van der Waals surface area contributed by atoms with E-state index < -0.39 is 0 Å². The van der Waals surface area contributed by atoms with E-state index in [1.165, 1.54) is 0 Å². The van der Waals surface area contributed by atoms with Crippen molar-refractivity contribution in [3.63, 3.8) is 0 Å². The maximum Gasteiger partial charge on any atom is 0.224 e. The Balaban J connectivity index is 1.55. The average Bonchev–Trinajstić information content (AvgIpc) is 3.37. The summed E-state index contributed by atoms with van der Waals surface area (Å²) < 4.78 is 8.03. The van der Waals surface area contributed by atoms with Crippen LogP contribution in [0, 0.1) is 26.7 Å². The Morgan fingerprint density at radius 3 is 2.73 bits per heavy atom. The molecule has 3 aromatic rings. The van der Waals surface area contributed by atoms with Gasteiger partial charge in [-0.2, -0.15) is 10.1 Å². The van der Waals surface area contributed by atoms with Gasteiger partial charge in [0.05, 0.1) is 17.9 Å². The number of hydrogen-bond donors (Lipinski definition) is 0. The molecule has 0 aliphatic heterocycles. The Bertz CT molecular complexity index is 935. The zero-order chi connectivity index (χ0) is 18.3. The summed E-state index contributed by atoms with van der Waals surface area (Å²) in [7, 11) is 1.95. The Hall–Kier alpha value is -2.76. The van der Waals surface area contributed by atoms with Crippen LogP contribution < -0.4 is 4.74 Å². The van der Waals surface area contributed by atoms with Gasteiger partial charge in [0.2, 0.25) is 5.88 Å². The summed E-state index contributed by atoms with van der Waals surface area (Å²) in [6.45, 7) is 6.58. The molecule has 4 rings (SSSR count). The third kappa shape index (κ3) is 3.07. The molecule has 0 saturated heterocycles. The van der Waals surface area contributed by atoms with E-state index in [1.54, 1.807) is 0 Å². The van der Waals surface area contributed by atoms with Gasteiger partial charge in [0.1, 0.15) is 5.82 Å². The first-order chi connectivity index (χ1) is 12.5. The minimum atomic E-state index is 0.490. The van der Waals surface area contributed by atoms with Gasteiger partial charge in [0, 0.05) is 48.2 Å². The minimum Gasteiger partial charge on any atom is -0.477 e. The van der Waals surface area contributed by atoms with Crippen molar-refractivity contribution < 1.29 is 4.74 Å². The molecule has 26 heavy (non-hydrogen) atoms. The molecule has 1 aliphatic rings. The maximum absolute atomic E-state index is 6.15. The van der Waals surface area contributed by atoms with Crippen molar-refractivity contribution in [3.8, 4) is 17.0 Å². The molecular weight excluding hydrogens is 326 g/mol. The first kappa shape index (κ1) is 16.7. The van der Waals surface area contributed by atoms with Crippen molar-refractivity contribution in [1.29, 1.82) is 0 Å². The van der Waals surface area contributed by atoms with Gasteiger partial charge in [-0.3, -0.25) is 9.67 Å². The first-order valence-electron chi connectivity index (χ1n) is 8.92. The van der Waals surface area contributed by atoms with Crippen LogP contribution in [0.2, 0.25) is 0 Å². The molecule has 0 spiro atoms. The largest absolute Gasteiger partial charge is 0.477 e. The number of hydrogen-bond acceptors (Lipinski definition) is 5. The smallest absolute Gasteiger partial charge is 0.224 e. The second-order valence-electron chi connectivity index (χ2n) is 6.97. The van der Waals surface area contributed by atoms with Crippen LogP contribution in [0.5, 0.6) is 5.88 Å². The summed E-state index contributed by atoms with van der Waals surface area (Å²) in [5, 5.41) is 4.51. The SMILES string of the molecule is Cc1ncc(-c2c(C)nn(C)c2C)c(OC[C@H]2C[C@@H]2c2ccccn2)n1. The molecule has 0 radical (unpaired) electrons. The third-order valence-corrected chi connectivity index (χ3v) is 5.08. The second-order valence-corrected chi connectivity index (χ2v) is 6.97. The molecule has 134 valence electrons. The topological polar surface area (TPSA) is 65.7 Å². The number of rotatable bonds is 5. The van der Waals surface area contributed by atoms with Crippen molar-refractivity contribution in [2.45, 2.75) is 33.1 Å². The van der Waals surface area contributed by atoms with E-state index in [-0.39, 0.29) is 0 Å². The summed E-state index contributed by atoms with van der Waals surface area (Å²) in [6.07, 6.45) is 4.81. The zero-order valence-corrected chi connectivity index (χ0v) is 15.6. The highest BCUT2D eigenvalue weighted by Gasteiger charge is 2.40. The fraction of sp³-hybridized carbons (Fsp3) is 0.400. The van der Waals surface area contributed by atoms with Gasteiger partial charge in [-0.15, -0.1) is 0 Å². The average molecular weight is 349 g/mol. The molecule has 1 fully saturated rings. The van der Waals surface area contributed by atoms with E-state index in [0.29, 0.717) is 30.1 Å². The molecule has 3 aromatic heterocycles. The van der Waals surface area contributed by atoms with Gasteiger partial charge >= 0.3 is 0 Å². The monoisotopic (exact) mass is 349 g/mol. The fourth-order valence-electron chi connectivity index (χ4n) is 3.47. The third-order valence-electron chi connectivity index (χ3n) is 5.08. The molecule has 0 aromatic carbocycles. The summed E-state index contributed by atoms with van der Waals surface area (Å²) >= 11 is 0. The number of pyridine rings is 1. The van der Waals surface area contributed by atoms with Gasteiger partial charge in [0.25, 0.3) is 0 Å². The van der Waals surface area contributed by atoms with Crippen molar-refractivity contribution in [3.05, 3.63) is 53.5 Å². The predicted octanol–water partition coefficient (Wildman–Crippen LogP) is 3.38. The normalized spacial score (nSPS) is 18.8. The molecule has 2 atom stereocenters. The lowest BCUT2D eigenvalue weighted by Gasteiger charge is -2.11. The Morgan fingerprint density at radius 2 is 2.04 bits per heavy atom. The number of aryl methyl sites for hydroxylation is 3. The van der Waals surface area contributed by atoms with Crippen LogP contribution >= 0.6 is 0 Å². The second kappa shape index (κ2) is 6.52. The highest BCUT2D eigenvalue weighted by atomic mass is 16.5. The highest BCUT2D eigenvalue weighted by Crippen LogP contribution is 2.47. The quantitative estimate of drug-likeness (QED) is 0.706. The van der Waals surface area contributed by atoms with E-state index in [4.69, 9.17) is 4.74 Å². The van der Waals surface area contributed by atoms with Crippen molar-refractivity contribution in [2.24, 2.45) is 13.0 Å². The van der Waals surface area contributed by atoms with Crippen LogP contribution in [0.25, 0.3) is 11.1 Å². The van der Waals surface area contributed by atoms with Crippen molar-refractivity contribution in [2.75, 3.05) is 6.61 Å². The molecule has 3 heterocycles.